The van der Waals surface area contributed by atoms with Gasteiger partial charge in [-0.25, -0.2) is 0 Å². The summed E-state index contributed by atoms with van der Waals surface area (Å²) in [6, 6.07) is 12.1. The Bertz CT molecular complexity index is 1030. The van der Waals surface area contributed by atoms with Crippen molar-refractivity contribution in [2.45, 2.75) is 33.4 Å². The molecule has 0 saturated carbocycles. The molecular weight excluding hydrogens is 413 g/mol. The number of alkyl halides is 3. The van der Waals surface area contributed by atoms with E-state index < -0.39 is 6.36 Å². The maximum Gasteiger partial charge on any atom is 0.573 e. The van der Waals surface area contributed by atoms with Crippen LogP contribution in [0.4, 0.5) is 13.2 Å². The van der Waals surface area contributed by atoms with E-state index in [-0.39, 0.29) is 24.8 Å². The number of nitrogens with zero attached hydrogens (tertiary/aromatic N) is 2. The van der Waals surface area contributed by atoms with Gasteiger partial charge in [-0.1, -0.05) is 23.4 Å². The van der Waals surface area contributed by atoms with Crippen LogP contribution in [-0.4, -0.2) is 29.4 Å². The van der Waals surface area contributed by atoms with Crippen LogP contribution in [0.15, 0.2) is 53.1 Å². The summed E-state index contributed by atoms with van der Waals surface area (Å²) in [6.45, 7) is 4.11. The average Bonchev–Trinajstić information content (AvgIpc) is 3.04. The molecule has 3 aromatic rings. The number of hydrogen-bond donors (Lipinski definition) is 0. The highest BCUT2D eigenvalue weighted by Gasteiger charge is 2.31. The molecule has 0 aliphatic rings. The summed E-state index contributed by atoms with van der Waals surface area (Å²) in [5.41, 5.74) is 2.69. The van der Waals surface area contributed by atoms with Crippen LogP contribution in [-0.2, 0) is 13.2 Å². The van der Waals surface area contributed by atoms with Crippen LogP contribution in [0.25, 0.3) is 0 Å². The Balaban J connectivity index is 1.62. The molecule has 0 saturated heterocycles. The lowest BCUT2D eigenvalue weighted by Gasteiger charge is -2.18. The molecule has 1 heterocycles. The first-order valence-corrected chi connectivity index (χ1v) is 9.37. The quantitative estimate of drug-likeness (QED) is 0.521. The van der Waals surface area contributed by atoms with Gasteiger partial charge in [-0.2, -0.15) is 0 Å². The number of amides is 1. The van der Waals surface area contributed by atoms with Gasteiger partial charge in [-0.05, 0) is 49.7 Å². The number of carbonyl (C=O) groups excluding carboxylic acids is 1. The van der Waals surface area contributed by atoms with E-state index >= 15 is 0 Å². The van der Waals surface area contributed by atoms with Crippen molar-refractivity contribution >= 4 is 5.91 Å². The normalized spacial score (nSPS) is 11.3. The largest absolute Gasteiger partial charge is 0.573 e. The second kappa shape index (κ2) is 9.11. The third-order valence-electron chi connectivity index (χ3n) is 4.57. The van der Waals surface area contributed by atoms with Crippen LogP contribution in [0.5, 0.6) is 11.5 Å². The Morgan fingerprint density at radius 2 is 1.81 bits per heavy atom. The molecule has 2 aromatic carbocycles. The van der Waals surface area contributed by atoms with Crippen LogP contribution in [0.1, 0.15) is 32.9 Å². The number of aromatic nitrogens is 1. The van der Waals surface area contributed by atoms with Crippen LogP contribution in [0.3, 0.4) is 0 Å². The fourth-order valence-electron chi connectivity index (χ4n) is 2.94. The van der Waals surface area contributed by atoms with Crippen molar-refractivity contribution in [1.29, 1.82) is 0 Å². The van der Waals surface area contributed by atoms with E-state index in [0.29, 0.717) is 22.6 Å². The molecule has 1 aromatic heterocycles. The van der Waals surface area contributed by atoms with E-state index in [0.717, 1.165) is 11.3 Å². The molecule has 3 rings (SSSR count). The maximum absolute atomic E-state index is 12.8. The zero-order chi connectivity index (χ0) is 22.6. The lowest BCUT2D eigenvalue weighted by molar-refractivity contribution is -0.274. The molecule has 0 N–H and O–H groups in total. The molecule has 0 aliphatic heterocycles. The van der Waals surface area contributed by atoms with Crippen LogP contribution in [0.2, 0.25) is 0 Å². The van der Waals surface area contributed by atoms with Crippen molar-refractivity contribution in [1.82, 2.24) is 10.1 Å². The molecule has 6 nitrogen and oxygen atoms in total. The van der Waals surface area contributed by atoms with Crippen molar-refractivity contribution in [3.8, 4) is 11.5 Å². The third-order valence-corrected chi connectivity index (χ3v) is 4.57. The van der Waals surface area contributed by atoms with Crippen LogP contribution >= 0.6 is 0 Å². The van der Waals surface area contributed by atoms with Gasteiger partial charge >= 0.3 is 6.36 Å². The fraction of sp³-hybridized carbons (Fsp3) is 0.273. The molecule has 31 heavy (non-hydrogen) atoms. The predicted octanol–water partition coefficient (Wildman–Crippen LogP) is 5.04. The lowest BCUT2D eigenvalue weighted by atomic mass is 10.1. The number of aryl methyl sites for hydroxylation is 2. The average molecular weight is 434 g/mol. The Labute approximate surface area is 177 Å². The number of halogens is 3. The molecule has 9 heteroatoms. The number of benzene rings is 2. The highest BCUT2D eigenvalue weighted by Crippen LogP contribution is 2.23. The molecule has 0 atom stereocenters. The topological polar surface area (TPSA) is 64.8 Å². The van der Waals surface area contributed by atoms with Gasteiger partial charge in [-0.15, -0.1) is 13.2 Å². The highest BCUT2D eigenvalue weighted by molar-refractivity contribution is 5.94. The lowest BCUT2D eigenvalue weighted by Crippen LogP contribution is -2.26. The summed E-state index contributed by atoms with van der Waals surface area (Å²) in [4.78, 5) is 14.2. The molecule has 0 spiro atoms. The van der Waals surface area contributed by atoms with Gasteiger partial charge in [0, 0.05) is 19.2 Å². The Morgan fingerprint density at radius 3 is 2.42 bits per heavy atom. The Hall–Kier alpha value is -3.49. The molecule has 0 aliphatic carbocycles. The summed E-state index contributed by atoms with van der Waals surface area (Å²) in [5, 5.41) is 3.88. The molecule has 0 bridgehead atoms. The van der Waals surface area contributed by atoms with Gasteiger partial charge in [0.2, 0.25) is 0 Å². The van der Waals surface area contributed by atoms with E-state index in [1.54, 1.807) is 38.2 Å². The second-order valence-corrected chi connectivity index (χ2v) is 6.97. The van der Waals surface area contributed by atoms with Crippen molar-refractivity contribution in [3.05, 3.63) is 76.7 Å². The van der Waals surface area contributed by atoms with Crippen molar-refractivity contribution in [2.24, 2.45) is 0 Å². The van der Waals surface area contributed by atoms with Crippen molar-refractivity contribution in [3.63, 3.8) is 0 Å². The number of carbonyl (C=O) groups is 1. The summed E-state index contributed by atoms with van der Waals surface area (Å²) < 4.78 is 51.5. The van der Waals surface area contributed by atoms with Gasteiger partial charge < -0.3 is 18.9 Å². The number of ether oxygens (including phenoxy) is 2. The molecule has 164 valence electrons. The number of hydrogen-bond acceptors (Lipinski definition) is 5. The zero-order valence-electron chi connectivity index (χ0n) is 17.2. The van der Waals surface area contributed by atoms with Gasteiger partial charge in [0.05, 0.1) is 11.3 Å². The van der Waals surface area contributed by atoms with E-state index in [9.17, 15) is 18.0 Å². The van der Waals surface area contributed by atoms with Gasteiger partial charge in [0.15, 0.2) is 0 Å². The first-order chi connectivity index (χ1) is 14.6. The summed E-state index contributed by atoms with van der Waals surface area (Å²) >= 11 is 0. The maximum atomic E-state index is 12.8. The monoisotopic (exact) mass is 434 g/mol. The van der Waals surface area contributed by atoms with E-state index in [1.807, 2.05) is 6.92 Å². The smallest absolute Gasteiger partial charge is 0.489 e. The van der Waals surface area contributed by atoms with Crippen molar-refractivity contribution < 1.29 is 32.0 Å². The fourth-order valence-corrected chi connectivity index (χ4v) is 2.94. The standard InChI is InChI=1S/C22H21F3N2O4/c1-14-20(15(2)31-26-14)13-29-19-6-4-5-17(11-19)21(28)27(3)12-16-7-9-18(10-8-16)30-22(23,24)25/h4-11H,12-13H2,1-3H3. The zero-order valence-corrected chi connectivity index (χ0v) is 17.2. The van der Waals surface area contributed by atoms with Gasteiger partial charge in [0.25, 0.3) is 5.91 Å². The second-order valence-electron chi connectivity index (χ2n) is 6.97. The minimum Gasteiger partial charge on any atom is -0.489 e. The summed E-state index contributed by atoms with van der Waals surface area (Å²) in [5.74, 6) is 0.635. The molecule has 0 radical (unpaired) electrons. The van der Waals surface area contributed by atoms with E-state index in [1.165, 1.54) is 29.2 Å². The summed E-state index contributed by atoms with van der Waals surface area (Å²) in [7, 11) is 1.61. The highest BCUT2D eigenvalue weighted by atomic mass is 19.4. The van der Waals surface area contributed by atoms with Crippen LogP contribution < -0.4 is 9.47 Å². The molecular formula is C22H21F3N2O4. The molecule has 1 amide bonds. The Kier molecular flexibility index (Phi) is 6.53. The molecule has 0 fully saturated rings. The minimum absolute atomic E-state index is 0.218. The SMILES string of the molecule is Cc1noc(C)c1COc1cccc(C(=O)N(C)Cc2ccc(OC(F)(F)F)cc2)c1. The van der Waals surface area contributed by atoms with E-state index in [2.05, 4.69) is 9.89 Å². The predicted molar refractivity (Wildman–Crippen MR) is 106 cm³/mol. The Morgan fingerprint density at radius 1 is 1.10 bits per heavy atom. The first kappa shape index (κ1) is 22.2. The van der Waals surface area contributed by atoms with E-state index in [4.69, 9.17) is 9.26 Å². The summed E-state index contributed by atoms with van der Waals surface area (Å²) in [6.07, 6.45) is -4.74. The van der Waals surface area contributed by atoms with Crippen molar-refractivity contribution in [2.75, 3.05) is 7.05 Å². The van der Waals surface area contributed by atoms with Gasteiger partial charge in [-0.3, -0.25) is 4.79 Å². The third kappa shape index (κ3) is 6.00. The molecule has 0 unspecified atom stereocenters. The van der Waals surface area contributed by atoms with Crippen LogP contribution in [0, 0.1) is 13.8 Å². The van der Waals surface area contributed by atoms with Gasteiger partial charge in [0.1, 0.15) is 23.9 Å². The first-order valence-electron chi connectivity index (χ1n) is 9.37. The minimum atomic E-state index is -4.74. The number of rotatable bonds is 7.